The number of nitrogens with zero attached hydrogens (tertiary/aromatic N) is 2. The van der Waals surface area contributed by atoms with Gasteiger partial charge in [-0.05, 0) is 6.07 Å². The van der Waals surface area contributed by atoms with Crippen LogP contribution in [0, 0.1) is 23.3 Å². The van der Waals surface area contributed by atoms with Crippen molar-refractivity contribution in [2.75, 3.05) is 5.23 Å². The molecular weight excluding hydrogens is 281 g/mol. The molecule has 19 heavy (non-hydrogen) atoms. The summed E-state index contributed by atoms with van der Waals surface area (Å²) in [7, 11) is 0. The zero-order valence-electron chi connectivity index (χ0n) is 8.77. The van der Waals surface area contributed by atoms with E-state index in [1.54, 1.807) is 0 Å². The van der Waals surface area contributed by atoms with Crippen LogP contribution < -0.4 is 5.23 Å². The second-order valence-corrected chi connectivity index (χ2v) is 3.43. The molecule has 9 heteroatoms. The standard InChI is InChI=1S/C10H3F7N2/c11-5-3-1-2-4-6(5)7(12)8(13)9(14)10(4)18(15)19(16)17/h1-3H. The molecule has 0 atom stereocenters. The molecule has 2 aromatic carbocycles. The van der Waals surface area contributed by atoms with E-state index in [2.05, 4.69) is 0 Å². The quantitative estimate of drug-likeness (QED) is 0.355. The Morgan fingerprint density at radius 1 is 0.789 bits per heavy atom. The van der Waals surface area contributed by atoms with Gasteiger partial charge >= 0.3 is 0 Å². The fraction of sp³-hybridized carbons (Fsp3) is 0. The minimum atomic E-state index is -2.25. The van der Waals surface area contributed by atoms with Gasteiger partial charge < -0.3 is 0 Å². The van der Waals surface area contributed by atoms with Crippen LogP contribution >= 0.6 is 0 Å². The first-order valence-electron chi connectivity index (χ1n) is 4.68. The molecule has 0 aromatic heterocycles. The molecule has 0 spiro atoms. The lowest BCUT2D eigenvalue weighted by atomic mass is 10.1. The Kier molecular flexibility index (Phi) is 3.23. The monoisotopic (exact) mass is 284 g/mol. The smallest absolute Gasteiger partial charge is 0.197 e. The number of hydrogen-bond donors (Lipinski definition) is 0. The lowest BCUT2D eigenvalue weighted by molar-refractivity contribution is -0.196. The normalized spacial score (nSPS) is 11.4. The molecule has 0 saturated carbocycles. The predicted octanol–water partition coefficient (Wildman–Crippen LogP) is 4.07. The van der Waals surface area contributed by atoms with Gasteiger partial charge in [0.2, 0.25) is 0 Å². The first-order chi connectivity index (χ1) is 8.86. The molecule has 0 radical (unpaired) electrons. The minimum absolute atomic E-state index is 0.692. The van der Waals surface area contributed by atoms with E-state index in [0.717, 1.165) is 12.1 Å². The molecule has 0 amide bonds. The van der Waals surface area contributed by atoms with E-state index in [1.807, 2.05) is 0 Å². The van der Waals surface area contributed by atoms with Crippen LogP contribution in [0.1, 0.15) is 0 Å². The summed E-state index contributed by atoms with van der Waals surface area (Å²) in [6.45, 7) is 0. The van der Waals surface area contributed by atoms with Crippen molar-refractivity contribution in [1.29, 1.82) is 0 Å². The molecule has 2 nitrogen and oxygen atoms in total. The van der Waals surface area contributed by atoms with Gasteiger partial charge in [-0.1, -0.05) is 30.8 Å². The first kappa shape index (κ1) is 13.4. The Bertz CT molecular complexity index is 644. The van der Waals surface area contributed by atoms with Gasteiger partial charge in [0, 0.05) is 5.39 Å². The Morgan fingerprint density at radius 2 is 1.42 bits per heavy atom. The number of halogens is 7. The second kappa shape index (κ2) is 4.57. The van der Waals surface area contributed by atoms with E-state index < -0.39 is 50.4 Å². The predicted molar refractivity (Wildman–Crippen MR) is 51.4 cm³/mol. The average Bonchev–Trinajstić information content (AvgIpc) is 2.35. The van der Waals surface area contributed by atoms with Crippen molar-refractivity contribution in [3.05, 3.63) is 41.5 Å². The van der Waals surface area contributed by atoms with Gasteiger partial charge in [0.15, 0.2) is 22.9 Å². The van der Waals surface area contributed by atoms with Crippen LogP contribution in [0.25, 0.3) is 10.8 Å². The van der Waals surface area contributed by atoms with Crippen molar-refractivity contribution in [2.45, 2.75) is 0 Å². The molecule has 2 aromatic rings. The van der Waals surface area contributed by atoms with Crippen molar-refractivity contribution in [3.63, 3.8) is 0 Å². The summed E-state index contributed by atoms with van der Waals surface area (Å²) in [5.41, 5.74) is -3.82. The number of anilines is 1. The molecule has 0 fully saturated rings. The van der Waals surface area contributed by atoms with E-state index in [-0.39, 0.29) is 0 Å². The summed E-state index contributed by atoms with van der Waals surface area (Å²) >= 11 is 0. The highest BCUT2D eigenvalue weighted by molar-refractivity contribution is 5.95. The third-order valence-corrected chi connectivity index (χ3v) is 2.40. The van der Waals surface area contributed by atoms with E-state index >= 15 is 0 Å². The highest BCUT2D eigenvalue weighted by Gasteiger charge is 2.29. The van der Waals surface area contributed by atoms with Gasteiger partial charge in [-0.15, -0.1) is 0 Å². The fourth-order valence-electron chi connectivity index (χ4n) is 1.63. The molecule has 0 aliphatic carbocycles. The summed E-state index contributed by atoms with van der Waals surface area (Å²) in [4.78, 5) is 0. The third-order valence-electron chi connectivity index (χ3n) is 2.40. The van der Waals surface area contributed by atoms with E-state index in [1.165, 1.54) is 0 Å². The van der Waals surface area contributed by atoms with Crippen molar-refractivity contribution >= 4 is 16.5 Å². The topological polar surface area (TPSA) is 6.48 Å². The number of benzene rings is 2. The molecule has 0 N–H and O–H groups in total. The summed E-state index contributed by atoms with van der Waals surface area (Å²) in [5, 5.41) is -3.56. The van der Waals surface area contributed by atoms with Gasteiger partial charge in [-0.25, -0.2) is 17.6 Å². The Balaban J connectivity index is 2.94. The molecule has 0 aliphatic rings. The van der Waals surface area contributed by atoms with Gasteiger partial charge in [0.1, 0.15) is 11.5 Å². The van der Waals surface area contributed by atoms with Crippen LogP contribution in [0.4, 0.5) is 36.7 Å². The van der Waals surface area contributed by atoms with E-state index in [4.69, 9.17) is 0 Å². The molecule has 102 valence electrons. The van der Waals surface area contributed by atoms with Crippen LogP contribution in [0.5, 0.6) is 0 Å². The van der Waals surface area contributed by atoms with Crippen molar-refractivity contribution in [1.82, 2.24) is 5.45 Å². The van der Waals surface area contributed by atoms with Crippen molar-refractivity contribution in [3.8, 4) is 0 Å². The van der Waals surface area contributed by atoms with E-state index in [9.17, 15) is 31.0 Å². The average molecular weight is 284 g/mol. The lowest BCUT2D eigenvalue weighted by Crippen LogP contribution is -2.24. The van der Waals surface area contributed by atoms with Crippen molar-refractivity contribution in [2.24, 2.45) is 0 Å². The van der Waals surface area contributed by atoms with Gasteiger partial charge in [0.25, 0.3) is 0 Å². The largest absolute Gasteiger partial charge is 0.206 e. The van der Waals surface area contributed by atoms with Crippen LogP contribution in [0.15, 0.2) is 18.2 Å². The molecule has 0 unspecified atom stereocenters. The Labute approximate surface area is 101 Å². The highest BCUT2D eigenvalue weighted by atomic mass is 19.4. The molecule has 0 heterocycles. The number of hydrogen-bond acceptors (Lipinski definition) is 2. The summed E-state index contributed by atoms with van der Waals surface area (Å²) in [6.07, 6.45) is 0. The Hall–Kier alpha value is -2.03. The van der Waals surface area contributed by atoms with Crippen LogP contribution in [0.2, 0.25) is 0 Å². The molecule has 0 bridgehead atoms. The maximum atomic E-state index is 13.4. The van der Waals surface area contributed by atoms with Crippen LogP contribution in [-0.4, -0.2) is 5.45 Å². The molecule has 2 rings (SSSR count). The minimum Gasteiger partial charge on any atom is -0.206 e. The van der Waals surface area contributed by atoms with Gasteiger partial charge in [-0.2, -0.15) is 0 Å². The fourth-order valence-corrected chi connectivity index (χ4v) is 1.63. The zero-order valence-corrected chi connectivity index (χ0v) is 8.77. The number of rotatable bonds is 2. The highest BCUT2D eigenvalue weighted by Crippen LogP contribution is 2.36. The third kappa shape index (κ3) is 1.95. The second-order valence-electron chi connectivity index (χ2n) is 3.43. The van der Waals surface area contributed by atoms with Crippen molar-refractivity contribution < 1.29 is 31.0 Å². The van der Waals surface area contributed by atoms with Gasteiger partial charge in [0.05, 0.1) is 5.39 Å². The molecule has 0 saturated heterocycles. The van der Waals surface area contributed by atoms with E-state index in [0.29, 0.717) is 6.07 Å². The zero-order chi connectivity index (χ0) is 14.3. The Morgan fingerprint density at radius 3 is 2.00 bits per heavy atom. The summed E-state index contributed by atoms with van der Waals surface area (Å²) in [6, 6.07) is 2.37. The van der Waals surface area contributed by atoms with Crippen LogP contribution in [-0.2, 0) is 0 Å². The first-order valence-corrected chi connectivity index (χ1v) is 4.68. The maximum Gasteiger partial charge on any atom is 0.197 e. The van der Waals surface area contributed by atoms with Crippen LogP contribution in [0.3, 0.4) is 0 Å². The SMILES string of the molecule is Fc1c(F)c(F)c2c(F)cccc2c1N(F)N(F)F. The summed E-state index contributed by atoms with van der Waals surface area (Å²) < 4.78 is 90.4. The summed E-state index contributed by atoms with van der Waals surface area (Å²) in [5.74, 6) is -7.71. The number of fused-ring (bicyclic) bond motifs is 1. The lowest BCUT2D eigenvalue weighted by Gasteiger charge is -2.16. The van der Waals surface area contributed by atoms with Gasteiger partial charge in [-0.3, -0.25) is 0 Å². The maximum absolute atomic E-state index is 13.4. The molecular formula is C10H3F7N2. The molecule has 0 aliphatic heterocycles. The number of hydrazine groups is 1.